The van der Waals surface area contributed by atoms with Gasteiger partial charge in [-0.3, -0.25) is 4.79 Å². The molecular formula is C18H14BrFN2O3. The van der Waals surface area contributed by atoms with Gasteiger partial charge in [0.15, 0.2) is 11.5 Å². The minimum Gasteiger partial charge on any atom is -0.493 e. The molecule has 1 amide bonds. The van der Waals surface area contributed by atoms with Crippen LogP contribution in [0.2, 0.25) is 0 Å². The number of carbonyl (C=O) groups excluding carboxylic acids is 1. The summed E-state index contributed by atoms with van der Waals surface area (Å²) in [7, 11) is 2.93. The summed E-state index contributed by atoms with van der Waals surface area (Å²) in [5, 5.41) is 11.7. The quantitative estimate of drug-likeness (QED) is 0.599. The van der Waals surface area contributed by atoms with Gasteiger partial charge in [-0.1, -0.05) is 28.1 Å². The molecule has 0 bridgehead atoms. The van der Waals surface area contributed by atoms with Gasteiger partial charge in [0.25, 0.3) is 5.91 Å². The number of methoxy groups -OCH3 is 2. The Kier molecular flexibility index (Phi) is 6.14. The molecule has 0 heterocycles. The number of hydrogen-bond acceptors (Lipinski definition) is 4. The molecular weight excluding hydrogens is 391 g/mol. The first-order chi connectivity index (χ1) is 12.0. The summed E-state index contributed by atoms with van der Waals surface area (Å²) in [6.45, 7) is 0. The van der Waals surface area contributed by atoms with Crippen LogP contribution in [-0.4, -0.2) is 20.1 Å². The molecule has 0 radical (unpaired) electrons. The van der Waals surface area contributed by atoms with Crippen LogP contribution in [0.3, 0.4) is 0 Å². The highest BCUT2D eigenvalue weighted by Crippen LogP contribution is 2.35. The van der Waals surface area contributed by atoms with Crippen LogP contribution in [0.5, 0.6) is 11.5 Å². The second-order valence-electron chi connectivity index (χ2n) is 4.83. The van der Waals surface area contributed by atoms with Crippen molar-refractivity contribution in [3.05, 3.63) is 57.8 Å². The molecule has 2 rings (SSSR count). The van der Waals surface area contributed by atoms with Crippen molar-refractivity contribution < 1.29 is 18.7 Å². The number of carbonyl (C=O) groups is 1. The number of anilines is 1. The van der Waals surface area contributed by atoms with E-state index in [1.807, 2.05) is 6.07 Å². The molecule has 7 heteroatoms. The summed E-state index contributed by atoms with van der Waals surface area (Å²) >= 11 is 3.33. The second kappa shape index (κ2) is 8.31. The summed E-state index contributed by atoms with van der Waals surface area (Å²) in [6.07, 6.45) is 1.35. The van der Waals surface area contributed by atoms with E-state index in [1.165, 1.54) is 38.5 Å². The van der Waals surface area contributed by atoms with Crippen LogP contribution in [0, 0.1) is 17.1 Å². The number of halogens is 2. The normalized spacial score (nSPS) is 10.8. The molecule has 0 aliphatic heterocycles. The Labute approximate surface area is 152 Å². The van der Waals surface area contributed by atoms with Gasteiger partial charge in [-0.05, 0) is 30.3 Å². The smallest absolute Gasteiger partial charge is 0.266 e. The van der Waals surface area contributed by atoms with Gasteiger partial charge in [0.05, 0.1) is 19.9 Å². The molecule has 1 N–H and O–H groups in total. The van der Waals surface area contributed by atoms with Crippen LogP contribution in [0.4, 0.5) is 10.1 Å². The molecule has 0 saturated heterocycles. The minimum atomic E-state index is -0.728. The van der Waals surface area contributed by atoms with Crippen LogP contribution in [-0.2, 0) is 4.79 Å². The summed E-state index contributed by atoms with van der Waals surface area (Å²) in [5.74, 6) is -0.504. The fourth-order valence-electron chi connectivity index (χ4n) is 2.12. The van der Waals surface area contributed by atoms with Gasteiger partial charge in [0.1, 0.15) is 17.5 Å². The van der Waals surface area contributed by atoms with Crippen molar-refractivity contribution in [3.63, 3.8) is 0 Å². The Hall–Kier alpha value is -2.85. The average Bonchev–Trinajstić information content (AvgIpc) is 2.60. The van der Waals surface area contributed by atoms with Gasteiger partial charge in [0, 0.05) is 10.0 Å². The highest BCUT2D eigenvalue weighted by molar-refractivity contribution is 9.10. The van der Waals surface area contributed by atoms with Crippen LogP contribution in [0.1, 0.15) is 5.56 Å². The number of nitrogens with one attached hydrogen (secondary N) is 1. The van der Waals surface area contributed by atoms with E-state index >= 15 is 0 Å². The van der Waals surface area contributed by atoms with E-state index in [0.29, 0.717) is 21.5 Å². The van der Waals surface area contributed by atoms with Gasteiger partial charge < -0.3 is 14.8 Å². The zero-order valence-corrected chi connectivity index (χ0v) is 15.1. The summed E-state index contributed by atoms with van der Waals surface area (Å²) in [6, 6.07) is 10.9. The molecule has 0 aromatic heterocycles. The molecule has 0 aliphatic carbocycles. The molecule has 2 aromatic carbocycles. The molecule has 0 atom stereocenters. The van der Waals surface area contributed by atoms with Crippen LogP contribution in [0.15, 0.2) is 46.4 Å². The third-order valence-electron chi connectivity index (χ3n) is 3.26. The zero-order chi connectivity index (χ0) is 18.4. The van der Waals surface area contributed by atoms with E-state index in [1.54, 1.807) is 18.2 Å². The third kappa shape index (κ3) is 4.37. The second-order valence-corrected chi connectivity index (χ2v) is 5.75. The van der Waals surface area contributed by atoms with E-state index in [2.05, 4.69) is 21.2 Å². The predicted octanol–water partition coefficient (Wildman–Crippen LogP) is 4.15. The Balaban J connectivity index is 2.41. The monoisotopic (exact) mass is 404 g/mol. The third-order valence-corrected chi connectivity index (χ3v) is 3.72. The van der Waals surface area contributed by atoms with Gasteiger partial charge >= 0.3 is 0 Å². The van der Waals surface area contributed by atoms with Gasteiger partial charge in [0.2, 0.25) is 0 Å². The predicted molar refractivity (Wildman–Crippen MR) is 95.9 cm³/mol. The highest BCUT2D eigenvalue weighted by Gasteiger charge is 2.15. The zero-order valence-electron chi connectivity index (χ0n) is 13.5. The lowest BCUT2D eigenvalue weighted by Crippen LogP contribution is -2.14. The van der Waals surface area contributed by atoms with Crippen molar-refractivity contribution >= 4 is 33.6 Å². The average molecular weight is 405 g/mol. The van der Waals surface area contributed by atoms with Gasteiger partial charge in [-0.25, -0.2) is 4.39 Å². The topological polar surface area (TPSA) is 71.3 Å². The highest BCUT2D eigenvalue weighted by atomic mass is 79.9. The van der Waals surface area contributed by atoms with Crippen LogP contribution in [0.25, 0.3) is 6.08 Å². The van der Waals surface area contributed by atoms with E-state index in [-0.39, 0.29) is 11.3 Å². The molecule has 0 spiro atoms. The van der Waals surface area contributed by atoms with Crippen LogP contribution < -0.4 is 14.8 Å². The van der Waals surface area contributed by atoms with E-state index in [9.17, 15) is 14.4 Å². The molecule has 25 heavy (non-hydrogen) atoms. The van der Waals surface area contributed by atoms with Crippen molar-refractivity contribution in [2.45, 2.75) is 0 Å². The number of hydrogen-bond donors (Lipinski definition) is 1. The molecule has 0 saturated carbocycles. The van der Waals surface area contributed by atoms with Crippen molar-refractivity contribution in [1.29, 1.82) is 5.26 Å². The Morgan fingerprint density at radius 2 is 2.00 bits per heavy atom. The van der Waals surface area contributed by atoms with E-state index < -0.39 is 11.7 Å². The van der Waals surface area contributed by atoms with Crippen molar-refractivity contribution in [3.8, 4) is 17.6 Å². The number of benzene rings is 2. The largest absolute Gasteiger partial charge is 0.493 e. The van der Waals surface area contributed by atoms with E-state index in [4.69, 9.17) is 9.47 Å². The number of amides is 1. The fraction of sp³-hybridized carbons (Fsp3) is 0.111. The van der Waals surface area contributed by atoms with Gasteiger partial charge in [-0.15, -0.1) is 0 Å². The summed E-state index contributed by atoms with van der Waals surface area (Å²) in [4.78, 5) is 12.3. The number of rotatable bonds is 5. The molecule has 2 aromatic rings. The molecule has 0 unspecified atom stereocenters. The Bertz CT molecular complexity index is 875. The fourth-order valence-corrected chi connectivity index (χ4v) is 2.58. The van der Waals surface area contributed by atoms with Crippen molar-refractivity contribution in [2.24, 2.45) is 0 Å². The molecule has 0 aliphatic rings. The first-order valence-corrected chi connectivity index (χ1v) is 7.88. The lowest BCUT2D eigenvalue weighted by Gasteiger charge is -2.12. The maximum absolute atomic E-state index is 13.7. The standard InChI is InChI=1S/C18H14BrFN2O3/c1-24-16-9-13(19)8-11(17(16)25-2)7-12(10-21)18(23)22-15-6-4-3-5-14(15)20/h3-9H,1-2H3,(H,22,23)/b12-7-. The number of ether oxygens (including phenoxy) is 2. The molecule has 128 valence electrons. The molecule has 5 nitrogen and oxygen atoms in total. The lowest BCUT2D eigenvalue weighted by atomic mass is 10.1. The Morgan fingerprint density at radius 1 is 1.28 bits per heavy atom. The lowest BCUT2D eigenvalue weighted by molar-refractivity contribution is -0.112. The first-order valence-electron chi connectivity index (χ1n) is 7.09. The number of nitrogens with zero attached hydrogens (tertiary/aromatic N) is 1. The molecule has 0 fully saturated rings. The minimum absolute atomic E-state index is 0.00700. The van der Waals surface area contributed by atoms with Gasteiger partial charge in [-0.2, -0.15) is 5.26 Å². The maximum Gasteiger partial charge on any atom is 0.266 e. The number of para-hydroxylation sites is 1. The SMILES string of the molecule is COc1cc(Br)cc(/C=C(/C#N)C(=O)Nc2ccccc2F)c1OC. The van der Waals surface area contributed by atoms with Crippen molar-refractivity contribution in [2.75, 3.05) is 19.5 Å². The first kappa shape index (κ1) is 18.5. The summed E-state index contributed by atoms with van der Waals surface area (Å²) < 4.78 is 24.9. The Morgan fingerprint density at radius 3 is 2.60 bits per heavy atom. The van der Waals surface area contributed by atoms with Crippen molar-refractivity contribution in [1.82, 2.24) is 0 Å². The number of nitriles is 1. The van der Waals surface area contributed by atoms with E-state index in [0.717, 1.165) is 0 Å². The van der Waals surface area contributed by atoms with Crippen LogP contribution >= 0.6 is 15.9 Å². The maximum atomic E-state index is 13.7. The summed E-state index contributed by atoms with van der Waals surface area (Å²) in [5.41, 5.74) is 0.253.